The number of carboxylic acids is 2. The number of hydrogen-bond acceptors (Lipinski definition) is 30. The number of β-lactam (4-membered cyclic amide) rings is 2. The van der Waals surface area contributed by atoms with Crippen LogP contribution in [-0.2, 0) is 52.5 Å². The Morgan fingerprint density at radius 3 is 1.23 bits per heavy atom. The van der Waals surface area contributed by atoms with Crippen LogP contribution >= 0.6 is 69.7 Å². The van der Waals surface area contributed by atoms with Crippen molar-refractivity contribution in [1.82, 2.24) is 59.9 Å². The van der Waals surface area contributed by atoms with Crippen LogP contribution in [0.5, 0.6) is 11.8 Å². The summed E-state index contributed by atoms with van der Waals surface area (Å²) in [6, 6.07) is -2.05. The van der Waals surface area contributed by atoms with E-state index >= 15 is 0 Å². The van der Waals surface area contributed by atoms with Gasteiger partial charge in [0.2, 0.25) is 0 Å². The minimum absolute atomic E-state index is 0. The van der Waals surface area contributed by atoms with Crippen molar-refractivity contribution in [2.45, 2.75) is 33.1 Å². The predicted molar refractivity (Wildman–Crippen MR) is 274 cm³/mol. The summed E-state index contributed by atoms with van der Waals surface area (Å²) in [5, 5.41) is 68.2. The third kappa shape index (κ3) is 19.7. The van der Waals surface area contributed by atoms with Gasteiger partial charge in [-0.1, -0.05) is 33.8 Å². The van der Waals surface area contributed by atoms with Crippen LogP contribution < -0.4 is 172 Å². The fraction of sp³-hybridized carbons (Fsp3) is 0.333. The molecule has 37 nitrogen and oxygen atoms in total. The maximum Gasteiger partial charge on any atom is 1.00 e. The van der Waals surface area contributed by atoms with Gasteiger partial charge < -0.3 is 100 Å². The summed E-state index contributed by atoms with van der Waals surface area (Å²) in [6.07, 6.45) is 0. The number of nitrogens with two attached hydrogens (primary N) is 2. The molecule has 4 aromatic rings. The Morgan fingerprint density at radius 2 is 0.952 bits per heavy atom. The van der Waals surface area contributed by atoms with Crippen molar-refractivity contribution in [2.75, 3.05) is 48.7 Å². The standard InChI is InChI=1S/2C18H18N8O7S3.4Na.7H2O/c2*1-25-18(22-12(28)13(29)23-25)36-4-6-3-34-15-9(14(30)26(15)10(6)16(31)32)21-11(27)8(24-33-2)7-5-35-17(19)20-7;;;;;;;;;;;/h2*5,9,15H,3-4H2,1-2H3,(H2,19,20)(H,21,27)(H,23,29)(H,31,32);;;;;7*1H2/q;;4*+1;;;;;;;/p-4/b2*24-8-;;;;;;;;;;;. The number of thioether (sulfide) groups is 4. The molecule has 4 aliphatic heterocycles. The van der Waals surface area contributed by atoms with Gasteiger partial charge in [-0.05, 0) is 11.1 Å². The van der Waals surface area contributed by atoms with Gasteiger partial charge in [0, 0.05) is 47.9 Å². The van der Waals surface area contributed by atoms with Crippen LogP contribution in [0.4, 0.5) is 10.3 Å². The second kappa shape index (κ2) is 38.6. The van der Waals surface area contributed by atoms with Crippen molar-refractivity contribution in [3.8, 4) is 11.8 Å². The third-order valence-electron chi connectivity index (χ3n) is 9.93. The Kier molecular flexibility index (Phi) is 41.0. The first kappa shape index (κ1) is 88.2. The number of carboxylic acid groups (broad SMARTS) is 2. The molecule has 20 N–H and O–H groups in total. The Morgan fingerprint density at radius 1 is 0.627 bits per heavy atom. The van der Waals surface area contributed by atoms with Crippen LogP contribution in [0.25, 0.3) is 0 Å². The molecular formula is C36H46N16Na4O21S6. The van der Waals surface area contributed by atoms with Gasteiger partial charge in [0.1, 0.15) is 48.4 Å². The number of fused-ring (bicyclic) bond motifs is 2. The van der Waals surface area contributed by atoms with E-state index in [1.54, 1.807) is 0 Å². The van der Waals surface area contributed by atoms with Crippen molar-refractivity contribution in [3.05, 3.63) is 65.4 Å². The maximum absolute atomic E-state index is 12.9. The Bertz CT molecular complexity index is 2980. The van der Waals surface area contributed by atoms with Crippen molar-refractivity contribution < 1.29 is 215 Å². The molecule has 4 amide bonds. The van der Waals surface area contributed by atoms with E-state index in [4.69, 9.17) is 21.1 Å². The van der Waals surface area contributed by atoms with Gasteiger partial charge in [-0.15, -0.1) is 46.2 Å². The number of thiazole rings is 2. The molecule has 4 aromatic heterocycles. The number of aryl methyl sites for hydroxylation is 2. The van der Waals surface area contributed by atoms with Crippen molar-refractivity contribution in [2.24, 2.45) is 24.4 Å². The molecule has 8 rings (SSSR count). The number of aliphatic carboxylic acids is 2. The minimum atomic E-state index is -1.57. The summed E-state index contributed by atoms with van der Waals surface area (Å²) in [6.45, 7) is 0. The van der Waals surface area contributed by atoms with E-state index in [0.29, 0.717) is 11.1 Å². The summed E-state index contributed by atoms with van der Waals surface area (Å²) in [7, 11) is 5.32. The van der Waals surface area contributed by atoms with E-state index in [9.17, 15) is 58.8 Å². The normalized spacial score (nSPS) is 17.0. The Balaban J connectivity index is -0.000000431. The zero-order chi connectivity index (χ0) is 52.3. The molecule has 0 aromatic carbocycles. The molecule has 83 heavy (non-hydrogen) atoms. The SMILES string of the molecule is CO/N=C(\C(=O)NC1C(=O)N2C(C(=O)[O-])=C(CSc3nc(=O)c([O-])nn3C)CSC12)c1csc(N)n1.CO/N=C(\C(=O)NC1C(=O)N2C(C(=O)[O-])=C(CSc3nc(=O)c([O-])nn3C)CSC12)c1csc(N)n1.O.O.O.O.O.O.O.[Na+].[Na+].[Na+].[Na+]. The first-order valence-corrected chi connectivity index (χ1v) is 25.6. The minimum Gasteiger partial charge on any atom is -0.854 e. The number of carbonyl (C=O) groups is 6. The molecule has 2 fully saturated rings. The first-order chi connectivity index (χ1) is 34.2. The summed E-state index contributed by atoms with van der Waals surface area (Å²) in [4.78, 5) is 125. The zero-order valence-electron chi connectivity index (χ0n) is 44.5. The molecule has 4 aliphatic rings. The van der Waals surface area contributed by atoms with Crippen molar-refractivity contribution >= 4 is 127 Å². The van der Waals surface area contributed by atoms with E-state index in [2.05, 4.69) is 51.1 Å². The average Bonchev–Trinajstić information content (AvgIpc) is 3.98. The average molecular weight is 1320 g/mol. The van der Waals surface area contributed by atoms with E-state index in [1.165, 1.54) is 62.6 Å². The molecule has 0 saturated carbocycles. The number of oxime groups is 2. The number of carbonyl (C=O) groups excluding carboxylic acids is 6. The van der Waals surface area contributed by atoms with Crippen LogP contribution in [0.3, 0.4) is 0 Å². The van der Waals surface area contributed by atoms with E-state index in [-0.39, 0.29) is 234 Å². The quantitative estimate of drug-likeness (QED) is 0.0266. The fourth-order valence-corrected chi connectivity index (χ4v) is 12.7. The molecule has 47 heteroatoms. The maximum atomic E-state index is 12.9. The molecule has 8 heterocycles. The molecule has 4 atom stereocenters. The van der Waals surface area contributed by atoms with Gasteiger partial charge >= 0.3 is 118 Å². The number of aromatic nitrogens is 8. The molecule has 2 saturated heterocycles. The largest absolute Gasteiger partial charge is 1.00 e. The second-order valence-corrected chi connectivity index (χ2v) is 20.3. The molecule has 0 spiro atoms. The smallest absolute Gasteiger partial charge is 0.854 e. The van der Waals surface area contributed by atoms with Gasteiger partial charge in [0.15, 0.2) is 32.0 Å². The molecular weight excluding hydrogens is 1280 g/mol. The van der Waals surface area contributed by atoms with Crippen LogP contribution in [0.15, 0.2) is 63.5 Å². The van der Waals surface area contributed by atoms with Gasteiger partial charge in [0.25, 0.3) is 34.7 Å². The van der Waals surface area contributed by atoms with E-state index in [0.717, 1.165) is 65.4 Å². The number of rotatable bonds is 16. The van der Waals surface area contributed by atoms with Crippen LogP contribution in [0.2, 0.25) is 0 Å². The summed E-state index contributed by atoms with van der Waals surface area (Å²) in [5.74, 6) is -7.48. The Labute approximate surface area is 579 Å². The van der Waals surface area contributed by atoms with Crippen LogP contribution in [0.1, 0.15) is 11.4 Å². The van der Waals surface area contributed by atoms with E-state index < -0.39 is 81.3 Å². The number of amides is 4. The van der Waals surface area contributed by atoms with Gasteiger partial charge in [-0.3, -0.25) is 38.6 Å². The number of nitrogens with one attached hydrogen (secondary N) is 2. The van der Waals surface area contributed by atoms with Gasteiger partial charge in [-0.25, -0.2) is 19.3 Å². The van der Waals surface area contributed by atoms with Gasteiger partial charge in [0.05, 0.1) is 35.1 Å². The molecule has 0 aliphatic carbocycles. The van der Waals surface area contributed by atoms with E-state index in [1.807, 2.05) is 0 Å². The first-order valence-electron chi connectivity index (χ1n) is 19.8. The van der Waals surface area contributed by atoms with Gasteiger partial charge in [-0.2, -0.15) is 20.2 Å². The summed E-state index contributed by atoms with van der Waals surface area (Å²) >= 11 is 6.61. The number of nitrogens with zero attached hydrogens (tertiary/aromatic N) is 12. The molecule has 436 valence electrons. The number of nitrogen functional groups attached to an aromatic ring is 2. The van der Waals surface area contributed by atoms with Crippen molar-refractivity contribution in [3.63, 3.8) is 0 Å². The van der Waals surface area contributed by atoms with Crippen molar-refractivity contribution in [1.29, 1.82) is 0 Å². The zero-order valence-corrected chi connectivity index (χ0v) is 57.4. The number of anilines is 2. The molecule has 0 bridgehead atoms. The Hall–Kier alpha value is -3.56. The van der Waals surface area contributed by atoms with Crippen LogP contribution in [0, 0.1) is 0 Å². The molecule has 0 radical (unpaired) electrons. The third-order valence-corrected chi connectivity index (χ3v) is 16.2. The van der Waals surface area contributed by atoms with Crippen LogP contribution in [-0.4, -0.2) is 195 Å². The number of hydrogen-bond donors (Lipinski definition) is 4. The fourth-order valence-electron chi connectivity index (χ4n) is 6.78. The molecule has 4 unspecified atom stereocenters. The second-order valence-electron chi connectivity index (χ2n) is 14.4. The monoisotopic (exact) mass is 1320 g/mol. The predicted octanol–water partition coefficient (Wildman–Crippen LogP) is -24.1. The summed E-state index contributed by atoms with van der Waals surface area (Å²) in [5.41, 5.74) is 9.14. The topological polar surface area (TPSA) is 662 Å². The summed E-state index contributed by atoms with van der Waals surface area (Å²) < 4.78 is 2.23.